The zero-order chi connectivity index (χ0) is 14.7. The number of imidazole rings is 1. The van der Waals surface area contributed by atoms with Crippen LogP contribution in [-0.4, -0.2) is 49.6 Å². The molecule has 0 saturated carbocycles. The van der Waals surface area contributed by atoms with E-state index in [0.29, 0.717) is 5.69 Å². The zero-order valence-electron chi connectivity index (χ0n) is 11.1. The molecular formula is C13H14N4O3. The second-order valence-corrected chi connectivity index (χ2v) is 4.32. The maximum atomic E-state index is 12.1. The molecule has 20 heavy (non-hydrogen) atoms. The topological polar surface area (TPSA) is 88.3 Å². The van der Waals surface area contributed by atoms with Gasteiger partial charge in [-0.1, -0.05) is 0 Å². The molecule has 104 valence electrons. The molecule has 0 saturated heterocycles. The summed E-state index contributed by atoms with van der Waals surface area (Å²) in [6, 6.07) is 2.23. The van der Waals surface area contributed by atoms with E-state index >= 15 is 0 Å². The number of carbonyl (C=O) groups excluding carboxylic acids is 1. The number of amides is 1. The summed E-state index contributed by atoms with van der Waals surface area (Å²) in [5.41, 5.74) is 1.39. The van der Waals surface area contributed by atoms with Crippen molar-refractivity contribution >= 4 is 12.0 Å². The van der Waals surface area contributed by atoms with Crippen molar-refractivity contribution < 1.29 is 14.7 Å². The standard InChI is InChI=1S/C13H14N4O3/c1-9(12(18)19)16(2)13(20)17-7-11(15-8-17)10-4-3-5-14-6-10/h3-9H,1-2H3,(H,18,19). The summed E-state index contributed by atoms with van der Waals surface area (Å²) < 4.78 is 1.25. The number of carboxylic acid groups (broad SMARTS) is 1. The van der Waals surface area contributed by atoms with Gasteiger partial charge in [0.2, 0.25) is 0 Å². The van der Waals surface area contributed by atoms with Crippen LogP contribution in [0.3, 0.4) is 0 Å². The second kappa shape index (κ2) is 5.52. The molecule has 0 aliphatic rings. The summed E-state index contributed by atoms with van der Waals surface area (Å²) in [5.74, 6) is -1.06. The van der Waals surface area contributed by atoms with Crippen molar-refractivity contribution in [2.45, 2.75) is 13.0 Å². The first kappa shape index (κ1) is 13.7. The molecule has 2 aromatic rings. The van der Waals surface area contributed by atoms with Crippen molar-refractivity contribution in [3.05, 3.63) is 37.1 Å². The summed E-state index contributed by atoms with van der Waals surface area (Å²) in [6.45, 7) is 1.44. The fraction of sp³-hybridized carbons (Fsp3) is 0.231. The lowest BCUT2D eigenvalue weighted by Gasteiger charge is -2.21. The molecule has 0 fully saturated rings. The minimum atomic E-state index is -1.06. The number of hydrogen-bond acceptors (Lipinski definition) is 4. The van der Waals surface area contributed by atoms with Crippen LogP contribution in [0.1, 0.15) is 6.92 Å². The van der Waals surface area contributed by atoms with Crippen molar-refractivity contribution in [1.82, 2.24) is 19.4 Å². The highest BCUT2D eigenvalue weighted by Gasteiger charge is 2.23. The molecule has 0 aromatic carbocycles. The van der Waals surface area contributed by atoms with E-state index in [2.05, 4.69) is 9.97 Å². The summed E-state index contributed by atoms with van der Waals surface area (Å²) in [7, 11) is 1.44. The minimum Gasteiger partial charge on any atom is -0.480 e. The number of aliphatic carboxylic acids is 1. The minimum absolute atomic E-state index is 0.456. The number of nitrogens with zero attached hydrogens (tertiary/aromatic N) is 4. The Morgan fingerprint density at radius 1 is 1.45 bits per heavy atom. The summed E-state index contributed by atoms with van der Waals surface area (Å²) >= 11 is 0. The van der Waals surface area contributed by atoms with Gasteiger partial charge in [0.1, 0.15) is 12.4 Å². The molecule has 1 amide bonds. The van der Waals surface area contributed by atoms with Gasteiger partial charge in [0, 0.05) is 31.2 Å². The predicted octanol–water partition coefficient (Wildman–Crippen LogP) is 1.32. The zero-order valence-corrected chi connectivity index (χ0v) is 11.1. The van der Waals surface area contributed by atoms with E-state index in [1.807, 2.05) is 6.07 Å². The van der Waals surface area contributed by atoms with Crippen LogP contribution in [0.25, 0.3) is 11.3 Å². The molecule has 2 aromatic heterocycles. The van der Waals surface area contributed by atoms with Gasteiger partial charge in [-0.2, -0.15) is 0 Å². The third kappa shape index (κ3) is 2.66. The summed E-state index contributed by atoms with van der Waals surface area (Å²) in [6.07, 6.45) is 6.19. The van der Waals surface area contributed by atoms with Gasteiger partial charge in [0.25, 0.3) is 0 Å². The van der Waals surface area contributed by atoms with Crippen molar-refractivity contribution in [3.63, 3.8) is 0 Å². The number of carboxylic acids is 1. The highest BCUT2D eigenvalue weighted by atomic mass is 16.4. The van der Waals surface area contributed by atoms with E-state index in [4.69, 9.17) is 5.11 Å². The SMILES string of the molecule is CC(C(=O)O)N(C)C(=O)n1cnc(-c2cccnc2)c1. The molecule has 2 heterocycles. The van der Waals surface area contributed by atoms with Gasteiger partial charge in [-0.05, 0) is 19.1 Å². The van der Waals surface area contributed by atoms with Crippen LogP contribution in [-0.2, 0) is 4.79 Å². The first-order chi connectivity index (χ1) is 9.50. The van der Waals surface area contributed by atoms with Crippen molar-refractivity contribution in [2.75, 3.05) is 7.05 Å². The lowest BCUT2D eigenvalue weighted by molar-refractivity contribution is -0.141. The van der Waals surface area contributed by atoms with Gasteiger partial charge < -0.3 is 10.0 Å². The number of carbonyl (C=O) groups is 2. The third-order valence-corrected chi connectivity index (χ3v) is 3.00. The first-order valence-electron chi connectivity index (χ1n) is 5.95. The van der Waals surface area contributed by atoms with Crippen molar-refractivity contribution in [1.29, 1.82) is 0 Å². The smallest absolute Gasteiger partial charge is 0.329 e. The van der Waals surface area contributed by atoms with Crippen LogP contribution in [0.5, 0.6) is 0 Å². The fourth-order valence-corrected chi connectivity index (χ4v) is 1.60. The summed E-state index contributed by atoms with van der Waals surface area (Å²) in [4.78, 5) is 32.2. The van der Waals surface area contributed by atoms with Gasteiger partial charge in [-0.25, -0.2) is 14.6 Å². The van der Waals surface area contributed by atoms with Gasteiger partial charge in [0.15, 0.2) is 0 Å². The van der Waals surface area contributed by atoms with Gasteiger partial charge in [-0.3, -0.25) is 9.55 Å². The molecule has 2 rings (SSSR count). The van der Waals surface area contributed by atoms with Crippen LogP contribution in [0.2, 0.25) is 0 Å². The Bertz CT molecular complexity index is 624. The Morgan fingerprint density at radius 2 is 2.20 bits per heavy atom. The number of pyridine rings is 1. The Labute approximate surface area is 115 Å². The maximum Gasteiger partial charge on any atom is 0.329 e. The Hall–Kier alpha value is -2.70. The Morgan fingerprint density at radius 3 is 2.80 bits per heavy atom. The quantitative estimate of drug-likeness (QED) is 0.911. The van der Waals surface area contributed by atoms with E-state index in [1.165, 1.54) is 24.9 Å². The van der Waals surface area contributed by atoms with Gasteiger partial charge in [0.05, 0.1) is 5.69 Å². The molecule has 7 heteroatoms. The Balaban J connectivity index is 2.21. The van der Waals surface area contributed by atoms with Crippen LogP contribution in [0.4, 0.5) is 4.79 Å². The molecule has 0 radical (unpaired) electrons. The molecular weight excluding hydrogens is 260 g/mol. The van der Waals surface area contributed by atoms with Crippen LogP contribution < -0.4 is 0 Å². The highest BCUT2D eigenvalue weighted by Crippen LogP contribution is 2.15. The maximum absolute atomic E-state index is 12.1. The second-order valence-electron chi connectivity index (χ2n) is 4.32. The van der Waals surface area contributed by atoms with Crippen molar-refractivity contribution in [2.24, 2.45) is 0 Å². The van der Waals surface area contributed by atoms with Crippen LogP contribution in [0.15, 0.2) is 37.1 Å². The van der Waals surface area contributed by atoms with E-state index < -0.39 is 18.0 Å². The number of aromatic nitrogens is 3. The van der Waals surface area contributed by atoms with E-state index in [9.17, 15) is 9.59 Å². The van der Waals surface area contributed by atoms with Crippen LogP contribution in [0, 0.1) is 0 Å². The normalized spacial score (nSPS) is 11.9. The molecule has 0 spiro atoms. The molecule has 1 N–H and O–H groups in total. The lowest BCUT2D eigenvalue weighted by Crippen LogP contribution is -2.42. The van der Waals surface area contributed by atoms with Gasteiger partial charge >= 0.3 is 12.0 Å². The van der Waals surface area contributed by atoms with Gasteiger partial charge in [-0.15, -0.1) is 0 Å². The summed E-state index contributed by atoms with van der Waals surface area (Å²) in [5, 5.41) is 8.90. The molecule has 0 aliphatic carbocycles. The largest absolute Gasteiger partial charge is 0.480 e. The average Bonchev–Trinajstić information content (AvgIpc) is 2.95. The van der Waals surface area contributed by atoms with E-state index in [0.717, 1.165) is 10.5 Å². The molecule has 0 aliphatic heterocycles. The Kier molecular flexibility index (Phi) is 3.79. The fourth-order valence-electron chi connectivity index (χ4n) is 1.60. The molecule has 7 nitrogen and oxygen atoms in total. The van der Waals surface area contributed by atoms with Crippen molar-refractivity contribution in [3.8, 4) is 11.3 Å². The first-order valence-corrected chi connectivity index (χ1v) is 5.95. The number of hydrogen-bond donors (Lipinski definition) is 1. The monoisotopic (exact) mass is 274 g/mol. The molecule has 1 atom stereocenters. The number of likely N-dealkylation sites (N-methyl/N-ethyl adjacent to an activating group) is 1. The average molecular weight is 274 g/mol. The van der Waals surface area contributed by atoms with Crippen LogP contribution >= 0.6 is 0 Å². The van der Waals surface area contributed by atoms with E-state index in [1.54, 1.807) is 24.7 Å². The molecule has 1 unspecified atom stereocenters. The molecule has 0 bridgehead atoms. The number of rotatable bonds is 3. The lowest BCUT2D eigenvalue weighted by atomic mass is 10.2. The predicted molar refractivity (Wildman–Crippen MR) is 71.1 cm³/mol. The third-order valence-electron chi connectivity index (χ3n) is 3.00. The van der Waals surface area contributed by atoms with E-state index in [-0.39, 0.29) is 0 Å². The highest BCUT2D eigenvalue weighted by molar-refractivity contribution is 5.83.